The quantitative estimate of drug-likeness (QED) is 0.672. The van der Waals surface area contributed by atoms with Crippen LogP contribution in [0.2, 0.25) is 0 Å². The van der Waals surface area contributed by atoms with Crippen LogP contribution in [0.25, 0.3) is 0 Å². The van der Waals surface area contributed by atoms with Crippen LogP contribution in [0, 0.1) is 5.92 Å². The fourth-order valence-electron chi connectivity index (χ4n) is 2.53. The number of hydrogen-bond donors (Lipinski definition) is 1. The fraction of sp³-hybridized carbons (Fsp3) is 1.00. The van der Waals surface area contributed by atoms with Crippen LogP contribution < -0.4 is 5.32 Å². The normalized spacial score (nSPS) is 22.5. The Labute approximate surface area is 102 Å². The van der Waals surface area contributed by atoms with E-state index >= 15 is 0 Å². The highest BCUT2D eigenvalue weighted by atomic mass is 15.2. The number of likely N-dealkylation sites (tertiary alicyclic amines) is 1. The minimum atomic E-state index is 0.630. The average molecular weight is 226 g/mol. The Morgan fingerprint density at radius 3 is 2.56 bits per heavy atom. The maximum Gasteiger partial charge on any atom is 0.0209 e. The van der Waals surface area contributed by atoms with Gasteiger partial charge in [-0.3, -0.25) is 0 Å². The lowest BCUT2D eigenvalue weighted by atomic mass is 10.1. The molecule has 0 bridgehead atoms. The van der Waals surface area contributed by atoms with Crippen LogP contribution in [0.5, 0.6) is 0 Å². The largest absolute Gasteiger partial charge is 0.310 e. The van der Waals surface area contributed by atoms with Gasteiger partial charge < -0.3 is 10.2 Å². The summed E-state index contributed by atoms with van der Waals surface area (Å²) < 4.78 is 0. The molecule has 0 amide bonds. The van der Waals surface area contributed by atoms with Crippen molar-refractivity contribution < 1.29 is 0 Å². The first kappa shape index (κ1) is 14.0. The van der Waals surface area contributed by atoms with Gasteiger partial charge in [0.15, 0.2) is 0 Å². The van der Waals surface area contributed by atoms with E-state index in [1.54, 1.807) is 0 Å². The first-order valence-electron chi connectivity index (χ1n) is 7.06. The molecule has 1 aliphatic rings. The minimum Gasteiger partial charge on any atom is -0.310 e. The second-order valence-electron chi connectivity index (χ2n) is 6.00. The molecule has 2 heteroatoms. The standard InChI is InChI=1S/C14H30N2/c1-12(2)7-5-6-9-16-10-8-14(11-16)15-13(3)4/h12-15H,5-11H2,1-4H3/t14-/m1/s1. The molecule has 2 nitrogen and oxygen atoms in total. The van der Waals surface area contributed by atoms with Crippen LogP contribution in [0.15, 0.2) is 0 Å². The molecule has 96 valence electrons. The highest BCUT2D eigenvalue weighted by Gasteiger charge is 2.21. The van der Waals surface area contributed by atoms with Gasteiger partial charge in [-0.15, -0.1) is 0 Å². The van der Waals surface area contributed by atoms with Gasteiger partial charge in [0.1, 0.15) is 0 Å². The van der Waals surface area contributed by atoms with Gasteiger partial charge in [0.2, 0.25) is 0 Å². The van der Waals surface area contributed by atoms with E-state index in [9.17, 15) is 0 Å². The van der Waals surface area contributed by atoms with Crippen molar-refractivity contribution in [1.29, 1.82) is 0 Å². The molecule has 0 saturated carbocycles. The number of rotatable bonds is 7. The second-order valence-corrected chi connectivity index (χ2v) is 6.00. The van der Waals surface area contributed by atoms with E-state index in [2.05, 4.69) is 37.9 Å². The molecule has 1 atom stereocenters. The van der Waals surface area contributed by atoms with Crippen molar-refractivity contribution in [2.75, 3.05) is 19.6 Å². The van der Waals surface area contributed by atoms with E-state index in [0.717, 1.165) is 12.0 Å². The predicted octanol–water partition coefficient (Wildman–Crippen LogP) is 2.89. The van der Waals surface area contributed by atoms with Crippen LogP contribution >= 0.6 is 0 Å². The Morgan fingerprint density at radius 2 is 1.94 bits per heavy atom. The molecule has 0 aromatic heterocycles. The second kappa shape index (κ2) is 7.29. The lowest BCUT2D eigenvalue weighted by molar-refractivity contribution is 0.312. The number of nitrogens with one attached hydrogen (secondary N) is 1. The molecule has 1 aliphatic heterocycles. The first-order chi connectivity index (χ1) is 7.58. The molecule has 1 heterocycles. The average Bonchev–Trinajstić information content (AvgIpc) is 2.59. The summed E-state index contributed by atoms with van der Waals surface area (Å²) in [6.45, 7) is 13.0. The zero-order chi connectivity index (χ0) is 12.0. The van der Waals surface area contributed by atoms with Gasteiger partial charge in [0.25, 0.3) is 0 Å². The van der Waals surface area contributed by atoms with Crippen LogP contribution in [-0.4, -0.2) is 36.6 Å². The minimum absolute atomic E-state index is 0.630. The molecule has 0 radical (unpaired) electrons. The summed E-state index contributed by atoms with van der Waals surface area (Å²) in [6, 6.07) is 1.37. The third kappa shape index (κ3) is 5.86. The summed E-state index contributed by atoms with van der Waals surface area (Å²) in [5.41, 5.74) is 0. The van der Waals surface area contributed by atoms with Gasteiger partial charge in [0, 0.05) is 18.6 Å². The summed E-state index contributed by atoms with van der Waals surface area (Å²) in [5, 5.41) is 3.64. The van der Waals surface area contributed by atoms with E-state index in [1.165, 1.54) is 45.3 Å². The SMILES string of the molecule is CC(C)CCCCN1CC[C@@H](NC(C)C)C1. The Kier molecular flexibility index (Phi) is 6.37. The van der Waals surface area contributed by atoms with E-state index in [4.69, 9.17) is 0 Å². The van der Waals surface area contributed by atoms with Gasteiger partial charge in [-0.1, -0.05) is 40.5 Å². The van der Waals surface area contributed by atoms with Crippen molar-refractivity contribution in [3.8, 4) is 0 Å². The highest BCUT2D eigenvalue weighted by molar-refractivity contribution is 4.81. The van der Waals surface area contributed by atoms with Crippen molar-refractivity contribution >= 4 is 0 Å². The van der Waals surface area contributed by atoms with Gasteiger partial charge in [-0.05, 0) is 31.8 Å². The number of unbranched alkanes of at least 4 members (excludes halogenated alkanes) is 1. The molecule has 1 fully saturated rings. The van der Waals surface area contributed by atoms with Gasteiger partial charge in [0.05, 0.1) is 0 Å². The molecule has 0 spiro atoms. The molecule has 1 N–H and O–H groups in total. The third-order valence-electron chi connectivity index (χ3n) is 3.35. The van der Waals surface area contributed by atoms with Crippen molar-refractivity contribution in [3.05, 3.63) is 0 Å². The topological polar surface area (TPSA) is 15.3 Å². The Morgan fingerprint density at radius 1 is 1.19 bits per heavy atom. The van der Waals surface area contributed by atoms with Crippen LogP contribution in [0.3, 0.4) is 0 Å². The Hall–Kier alpha value is -0.0800. The molecular weight excluding hydrogens is 196 g/mol. The zero-order valence-electron chi connectivity index (χ0n) is 11.6. The fourth-order valence-corrected chi connectivity index (χ4v) is 2.53. The Balaban J connectivity index is 2.03. The van der Waals surface area contributed by atoms with E-state index in [-0.39, 0.29) is 0 Å². The highest BCUT2D eigenvalue weighted by Crippen LogP contribution is 2.12. The van der Waals surface area contributed by atoms with Gasteiger partial charge in [-0.2, -0.15) is 0 Å². The summed E-state index contributed by atoms with van der Waals surface area (Å²) >= 11 is 0. The van der Waals surface area contributed by atoms with Crippen molar-refractivity contribution in [1.82, 2.24) is 10.2 Å². The summed E-state index contributed by atoms with van der Waals surface area (Å²) in [4.78, 5) is 2.63. The maximum absolute atomic E-state index is 3.64. The molecule has 1 saturated heterocycles. The third-order valence-corrected chi connectivity index (χ3v) is 3.35. The van der Waals surface area contributed by atoms with Crippen molar-refractivity contribution in [2.24, 2.45) is 5.92 Å². The monoisotopic (exact) mass is 226 g/mol. The van der Waals surface area contributed by atoms with E-state index in [0.29, 0.717) is 6.04 Å². The van der Waals surface area contributed by atoms with E-state index < -0.39 is 0 Å². The molecule has 0 aromatic rings. The Bertz CT molecular complexity index is 178. The van der Waals surface area contributed by atoms with Crippen molar-refractivity contribution in [2.45, 2.75) is 65.5 Å². The van der Waals surface area contributed by atoms with Gasteiger partial charge >= 0.3 is 0 Å². The first-order valence-corrected chi connectivity index (χ1v) is 7.06. The van der Waals surface area contributed by atoms with E-state index in [1.807, 2.05) is 0 Å². The number of nitrogens with zero attached hydrogens (tertiary/aromatic N) is 1. The lowest BCUT2D eigenvalue weighted by Crippen LogP contribution is -2.37. The summed E-state index contributed by atoms with van der Waals surface area (Å²) in [7, 11) is 0. The molecule has 0 unspecified atom stereocenters. The zero-order valence-corrected chi connectivity index (χ0v) is 11.6. The number of hydrogen-bond acceptors (Lipinski definition) is 2. The molecule has 0 aromatic carbocycles. The smallest absolute Gasteiger partial charge is 0.0209 e. The molecule has 1 rings (SSSR count). The van der Waals surface area contributed by atoms with Crippen LogP contribution in [-0.2, 0) is 0 Å². The molecule has 0 aliphatic carbocycles. The summed E-state index contributed by atoms with van der Waals surface area (Å²) in [6.07, 6.45) is 5.51. The van der Waals surface area contributed by atoms with Gasteiger partial charge in [-0.25, -0.2) is 0 Å². The predicted molar refractivity (Wildman–Crippen MR) is 71.8 cm³/mol. The molecular formula is C14H30N2. The van der Waals surface area contributed by atoms with Crippen LogP contribution in [0.1, 0.15) is 53.4 Å². The summed E-state index contributed by atoms with van der Waals surface area (Å²) in [5.74, 6) is 0.869. The van der Waals surface area contributed by atoms with Crippen LogP contribution in [0.4, 0.5) is 0 Å². The lowest BCUT2D eigenvalue weighted by Gasteiger charge is -2.18. The maximum atomic E-state index is 3.64. The molecule has 16 heavy (non-hydrogen) atoms. The van der Waals surface area contributed by atoms with Crippen molar-refractivity contribution in [3.63, 3.8) is 0 Å².